The number of ether oxygens (including phenoxy) is 1. The Bertz CT molecular complexity index is 818. The third-order valence-electron chi connectivity index (χ3n) is 2.84. The Morgan fingerprint density at radius 1 is 1.33 bits per heavy atom. The summed E-state index contributed by atoms with van der Waals surface area (Å²) >= 11 is 5.18. The van der Waals surface area contributed by atoms with E-state index in [0.717, 1.165) is 11.3 Å². The number of aromatic nitrogens is 3. The van der Waals surface area contributed by atoms with Crippen LogP contribution < -0.4 is 4.74 Å². The number of hydrogen-bond acceptors (Lipinski definition) is 5. The van der Waals surface area contributed by atoms with Gasteiger partial charge in [0.15, 0.2) is 5.76 Å². The third-order valence-corrected chi connectivity index (χ3v) is 3.11. The lowest BCUT2D eigenvalue weighted by Gasteiger charge is -2.03. The first-order valence-electron chi connectivity index (χ1n) is 6.18. The van der Waals surface area contributed by atoms with E-state index in [2.05, 4.69) is 15.3 Å². The molecule has 21 heavy (non-hydrogen) atoms. The number of rotatable bonds is 4. The molecule has 0 aliphatic rings. The fourth-order valence-electron chi connectivity index (χ4n) is 1.86. The zero-order chi connectivity index (χ0) is 14.7. The third kappa shape index (κ3) is 2.63. The summed E-state index contributed by atoms with van der Waals surface area (Å²) in [6.07, 6.45) is 3.23. The van der Waals surface area contributed by atoms with Crippen molar-refractivity contribution in [1.82, 2.24) is 14.9 Å². The van der Waals surface area contributed by atoms with Gasteiger partial charge in [0.05, 0.1) is 19.6 Å². The van der Waals surface area contributed by atoms with Crippen LogP contribution >= 0.6 is 12.2 Å². The number of furan rings is 1. The quantitative estimate of drug-likeness (QED) is 0.594. The van der Waals surface area contributed by atoms with Crippen molar-refractivity contribution in [3.05, 3.63) is 53.0 Å². The molecule has 106 valence electrons. The Balaban J connectivity index is 2.01. The fourth-order valence-corrected chi connectivity index (χ4v) is 2.04. The monoisotopic (exact) mass is 300 g/mol. The molecule has 0 bridgehead atoms. The predicted octanol–water partition coefficient (Wildman–Crippen LogP) is 3.09. The zero-order valence-electron chi connectivity index (χ0n) is 11.2. The van der Waals surface area contributed by atoms with Gasteiger partial charge in [-0.3, -0.25) is 0 Å². The molecule has 1 N–H and O–H groups in total. The Morgan fingerprint density at radius 2 is 2.19 bits per heavy atom. The highest BCUT2D eigenvalue weighted by Crippen LogP contribution is 2.18. The molecule has 2 aromatic heterocycles. The molecular formula is C14H12N4O2S. The summed E-state index contributed by atoms with van der Waals surface area (Å²) in [6.45, 7) is 0. The van der Waals surface area contributed by atoms with Gasteiger partial charge >= 0.3 is 0 Å². The van der Waals surface area contributed by atoms with Crippen molar-refractivity contribution in [2.45, 2.75) is 0 Å². The van der Waals surface area contributed by atoms with Crippen molar-refractivity contribution >= 4 is 18.4 Å². The smallest absolute Gasteiger partial charge is 0.219 e. The lowest BCUT2D eigenvalue weighted by molar-refractivity contribution is 0.414. The summed E-state index contributed by atoms with van der Waals surface area (Å²) in [7, 11) is 1.62. The van der Waals surface area contributed by atoms with Crippen molar-refractivity contribution in [3.63, 3.8) is 0 Å². The van der Waals surface area contributed by atoms with E-state index in [-0.39, 0.29) is 0 Å². The van der Waals surface area contributed by atoms with Crippen LogP contribution in [0, 0.1) is 4.77 Å². The Morgan fingerprint density at radius 3 is 2.95 bits per heavy atom. The number of methoxy groups -OCH3 is 1. The normalized spacial score (nSPS) is 11.1. The van der Waals surface area contributed by atoms with Crippen LogP contribution in [0.4, 0.5) is 0 Å². The van der Waals surface area contributed by atoms with Crippen molar-refractivity contribution in [2.75, 3.05) is 7.11 Å². The van der Waals surface area contributed by atoms with Gasteiger partial charge in [-0.25, -0.2) is 5.10 Å². The van der Waals surface area contributed by atoms with Gasteiger partial charge in [-0.2, -0.15) is 9.78 Å². The zero-order valence-corrected chi connectivity index (χ0v) is 12.0. The van der Waals surface area contributed by atoms with Crippen molar-refractivity contribution in [2.24, 2.45) is 5.10 Å². The number of nitrogens with zero attached hydrogens (tertiary/aromatic N) is 3. The molecule has 2 heterocycles. The molecule has 0 saturated heterocycles. The molecule has 0 saturated carbocycles. The van der Waals surface area contributed by atoms with Gasteiger partial charge in [-0.15, -0.1) is 5.10 Å². The number of hydrogen-bond donors (Lipinski definition) is 1. The van der Waals surface area contributed by atoms with Gasteiger partial charge in [0.25, 0.3) is 0 Å². The maximum Gasteiger partial charge on any atom is 0.219 e. The highest BCUT2D eigenvalue weighted by atomic mass is 32.1. The molecule has 3 aromatic rings. The predicted molar refractivity (Wildman–Crippen MR) is 81.1 cm³/mol. The Labute approximate surface area is 125 Å². The first kappa shape index (κ1) is 13.3. The topological polar surface area (TPSA) is 68.3 Å². The second kappa shape index (κ2) is 5.76. The van der Waals surface area contributed by atoms with Gasteiger partial charge in [-0.05, 0) is 36.5 Å². The minimum atomic E-state index is 0.382. The average Bonchev–Trinajstić information content (AvgIpc) is 3.15. The number of H-pyrrole nitrogens is 1. The standard InChI is InChI=1S/C14H12N4O2S/c1-19-11-6-3-2-5-10(11)9-15-18-13(16-17-14(18)21)12-7-4-8-20-12/h2-9H,1H3,(H,17,21)/b15-9-. The first-order valence-corrected chi connectivity index (χ1v) is 6.59. The van der Waals surface area contributed by atoms with E-state index in [1.165, 1.54) is 4.68 Å². The number of benzene rings is 1. The minimum Gasteiger partial charge on any atom is -0.496 e. The molecule has 0 aliphatic heterocycles. The largest absolute Gasteiger partial charge is 0.496 e. The summed E-state index contributed by atoms with van der Waals surface area (Å²) in [5.74, 6) is 1.83. The van der Waals surface area contributed by atoms with Crippen LogP contribution in [0.2, 0.25) is 0 Å². The van der Waals surface area contributed by atoms with Crippen LogP contribution in [-0.2, 0) is 0 Å². The highest BCUT2D eigenvalue weighted by molar-refractivity contribution is 7.71. The summed E-state index contributed by atoms with van der Waals surface area (Å²) in [5.41, 5.74) is 0.841. The minimum absolute atomic E-state index is 0.382. The summed E-state index contributed by atoms with van der Waals surface area (Å²) in [5, 5.41) is 11.2. The number of para-hydroxylation sites is 1. The van der Waals surface area contributed by atoms with E-state index >= 15 is 0 Å². The van der Waals surface area contributed by atoms with Crippen LogP contribution in [0.1, 0.15) is 5.56 Å². The average molecular weight is 300 g/mol. The summed E-state index contributed by atoms with van der Waals surface area (Å²) < 4.78 is 12.5. The molecule has 0 spiro atoms. The Kier molecular flexibility index (Phi) is 3.65. The molecule has 0 unspecified atom stereocenters. The lowest BCUT2D eigenvalue weighted by Crippen LogP contribution is -1.96. The van der Waals surface area contributed by atoms with Gasteiger partial charge in [-0.1, -0.05) is 12.1 Å². The fraction of sp³-hybridized carbons (Fsp3) is 0.0714. The van der Waals surface area contributed by atoms with Crippen LogP contribution in [0.5, 0.6) is 5.75 Å². The van der Waals surface area contributed by atoms with Crippen LogP contribution in [0.15, 0.2) is 52.2 Å². The van der Waals surface area contributed by atoms with E-state index in [9.17, 15) is 0 Å². The van der Waals surface area contributed by atoms with Crippen LogP contribution in [0.25, 0.3) is 11.6 Å². The van der Waals surface area contributed by atoms with E-state index in [0.29, 0.717) is 16.4 Å². The van der Waals surface area contributed by atoms with Crippen molar-refractivity contribution in [1.29, 1.82) is 0 Å². The van der Waals surface area contributed by atoms with Crippen LogP contribution in [-0.4, -0.2) is 28.2 Å². The molecule has 0 atom stereocenters. The SMILES string of the molecule is COc1ccccc1/C=N\n1c(-c2ccco2)n[nH]c1=S. The molecule has 1 aromatic carbocycles. The van der Waals surface area contributed by atoms with Crippen molar-refractivity contribution in [3.8, 4) is 17.3 Å². The molecule has 0 radical (unpaired) electrons. The maximum absolute atomic E-state index is 5.32. The van der Waals surface area contributed by atoms with Crippen molar-refractivity contribution < 1.29 is 9.15 Å². The molecule has 0 aliphatic carbocycles. The second-order valence-electron chi connectivity index (χ2n) is 4.13. The van der Waals surface area contributed by atoms with E-state index < -0.39 is 0 Å². The van der Waals surface area contributed by atoms with Gasteiger partial charge < -0.3 is 9.15 Å². The van der Waals surface area contributed by atoms with Gasteiger partial charge in [0.1, 0.15) is 5.75 Å². The van der Waals surface area contributed by atoms with Gasteiger partial charge in [0.2, 0.25) is 10.6 Å². The number of aromatic amines is 1. The molecule has 7 heteroatoms. The Hall–Kier alpha value is -2.67. The highest BCUT2D eigenvalue weighted by Gasteiger charge is 2.10. The molecule has 3 rings (SSSR count). The van der Waals surface area contributed by atoms with E-state index in [4.69, 9.17) is 21.4 Å². The van der Waals surface area contributed by atoms with E-state index in [1.807, 2.05) is 24.3 Å². The number of nitrogens with one attached hydrogen (secondary N) is 1. The van der Waals surface area contributed by atoms with Gasteiger partial charge in [0, 0.05) is 5.56 Å². The maximum atomic E-state index is 5.32. The second-order valence-corrected chi connectivity index (χ2v) is 4.51. The van der Waals surface area contributed by atoms with E-state index in [1.54, 1.807) is 31.7 Å². The molecular weight excluding hydrogens is 288 g/mol. The molecule has 0 fully saturated rings. The summed E-state index contributed by atoms with van der Waals surface area (Å²) in [6, 6.07) is 11.1. The first-order chi connectivity index (χ1) is 10.3. The summed E-state index contributed by atoms with van der Waals surface area (Å²) in [4.78, 5) is 0. The lowest BCUT2D eigenvalue weighted by atomic mass is 10.2. The van der Waals surface area contributed by atoms with Crippen LogP contribution in [0.3, 0.4) is 0 Å². The molecule has 6 nitrogen and oxygen atoms in total. The molecule has 0 amide bonds.